The fourth-order valence-corrected chi connectivity index (χ4v) is 2.92. The third kappa shape index (κ3) is 2.67. The fourth-order valence-electron chi connectivity index (χ4n) is 2.14. The van der Waals surface area contributed by atoms with Crippen molar-refractivity contribution in [1.82, 2.24) is 0 Å². The van der Waals surface area contributed by atoms with E-state index >= 15 is 0 Å². The maximum Gasteiger partial charge on any atom is 0.172 e. The maximum atomic E-state index is 11.9. The zero-order chi connectivity index (χ0) is 11.4. The summed E-state index contributed by atoms with van der Waals surface area (Å²) in [4.78, 5) is 11.9. The van der Waals surface area contributed by atoms with Crippen LogP contribution in [0.1, 0.15) is 41.3 Å². The fraction of sp³-hybridized carbons (Fsp3) is 0.500. The summed E-state index contributed by atoms with van der Waals surface area (Å²) >= 11 is 1.74. The smallest absolute Gasteiger partial charge is 0.172 e. The van der Waals surface area contributed by atoms with Gasteiger partial charge in [0.05, 0.1) is 5.75 Å². The average molecular weight is 234 g/mol. The van der Waals surface area contributed by atoms with E-state index in [1.165, 1.54) is 24.0 Å². The minimum absolute atomic E-state index is 0.285. The summed E-state index contributed by atoms with van der Waals surface area (Å²) in [5.74, 6) is 2.00. The molecule has 0 fully saturated rings. The Bertz CT molecular complexity index is 384. The van der Waals surface area contributed by atoms with Crippen LogP contribution < -0.4 is 0 Å². The number of Topliss-reactive ketones (excluding diaryl/α,β-unsaturated/α-hetero) is 1. The minimum atomic E-state index is 0.285. The second-order valence-electron chi connectivity index (χ2n) is 4.31. The first-order chi connectivity index (χ1) is 7.81. The second-order valence-corrected chi connectivity index (χ2v) is 5.42. The van der Waals surface area contributed by atoms with Crippen molar-refractivity contribution in [1.29, 1.82) is 0 Å². The molecule has 0 atom stereocenters. The Morgan fingerprint density at radius 3 is 2.94 bits per heavy atom. The lowest BCUT2D eigenvalue weighted by Crippen LogP contribution is -2.03. The molecule has 1 aliphatic rings. The minimum Gasteiger partial charge on any atom is -0.293 e. The number of hydrogen-bond acceptors (Lipinski definition) is 2. The van der Waals surface area contributed by atoms with Gasteiger partial charge in [0, 0.05) is 5.56 Å². The van der Waals surface area contributed by atoms with E-state index < -0.39 is 0 Å². The zero-order valence-electron chi connectivity index (χ0n) is 9.79. The molecule has 0 radical (unpaired) electrons. The Morgan fingerprint density at radius 2 is 2.12 bits per heavy atom. The van der Waals surface area contributed by atoms with E-state index in [1.807, 2.05) is 6.07 Å². The van der Waals surface area contributed by atoms with Crippen LogP contribution in [0.2, 0.25) is 0 Å². The molecule has 0 heterocycles. The van der Waals surface area contributed by atoms with E-state index in [0.717, 1.165) is 24.2 Å². The topological polar surface area (TPSA) is 17.1 Å². The lowest BCUT2D eigenvalue weighted by molar-refractivity contribution is 0.102. The maximum absolute atomic E-state index is 11.9. The van der Waals surface area contributed by atoms with Gasteiger partial charge in [0.2, 0.25) is 0 Å². The predicted molar refractivity (Wildman–Crippen MR) is 70.4 cm³/mol. The van der Waals surface area contributed by atoms with E-state index in [0.29, 0.717) is 5.75 Å². The predicted octanol–water partition coefficient (Wildman–Crippen LogP) is 3.50. The molecule has 1 nitrogen and oxygen atoms in total. The standard InChI is InChI=1S/C14H18OS/c1-2-8-16-10-14(15)13-7-6-11-4-3-5-12(11)9-13/h6-7,9H,2-5,8,10H2,1H3. The Balaban J connectivity index is 2.01. The molecule has 1 aromatic rings. The summed E-state index contributed by atoms with van der Waals surface area (Å²) in [6.45, 7) is 2.15. The van der Waals surface area contributed by atoms with Gasteiger partial charge in [-0.3, -0.25) is 4.79 Å². The van der Waals surface area contributed by atoms with Crippen molar-refractivity contribution in [3.05, 3.63) is 34.9 Å². The lowest BCUT2D eigenvalue weighted by atomic mass is 10.0. The van der Waals surface area contributed by atoms with Crippen molar-refractivity contribution >= 4 is 17.5 Å². The molecule has 2 heteroatoms. The normalized spacial score (nSPS) is 13.8. The van der Waals surface area contributed by atoms with Crippen LogP contribution in [0.25, 0.3) is 0 Å². The first-order valence-electron chi connectivity index (χ1n) is 6.04. The van der Waals surface area contributed by atoms with Gasteiger partial charge in [-0.25, -0.2) is 0 Å². The highest BCUT2D eigenvalue weighted by Crippen LogP contribution is 2.23. The second kappa shape index (κ2) is 5.53. The molecule has 2 rings (SSSR count). The van der Waals surface area contributed by atoms with Gasteiger partial charge in [0.15, 0.2) is 5.78 Å². The highest BCUT2D eigenvalue weighted by atomic mass is 32.2. The molecule has 0 saturated heterocycles. The van der Waals surface area contributed by atoms with Gasteiger partial charge in [0.1, 0.15) is 0 Å². The van der Waals surface area contributed by atoms with E-state index in [1.54, 1.807) is 11.8 Å². The Hall–Kier alpha value is -0.760. The van der Waals surface area contributed by atoms with Gasteiger partial charge in [-0.05, 0) is 48.6 Å². The number of fused-ring (bicyclic) bond motifs is 1. The molecule has 0 aromatic heterocycles. The van der Waals surface area contributed by atoms with E-state index in [2.05, 4.69) is 19.1 Å². The number of rotatable bonds is 5. The number of carbonyl (C=O) groups excluding carboxylic acids is 1. The van der Waals surface area contributed by atoms with Crippen LogP contribution in [0.3, 0.4) is 0 Å². The number of aryl methyl sites for hydroxylation is 2. The number of benzene rings is 1. The Morgan fingerprint density at radius 1 is 1.31 bits per heavy atom. The van der Waals surface area contributed by atoms with E-state index in [-0.39, 0.29) is 5.78 Å². The van der Waals surface area contributed by atoms with Crippen molar-refractivity contribution in [3.63, 3.8) is 0 Å². The Labute approximate surface area is 102 Å². The van der Waals surface area contributed by atoms with Gasteiger partial charge in [-0.15, -0.1) is 0 Å². The molecule has 0 saturated carbocycles. The molecular weight excluding hydrogens is 216 g/mol. The largest absolute Gasteiger partial charge is 0.293 e. The molecule has 1 aliphatic carbocycles. The van der Waals surface area contributed by atoms with Crippen LogP contribution in [0.4, 0.5) is 0 Å². The third-order valence-corrected chi connectivity index (χ3v) is 4.17. The number of thioether (sulfide) groups is 1. The van der Waals surface area contributed by atoms with Crippen molar-refractivity contribution in [2.24, 2.45) is 0 Å². The third-order valence-electron chi connectivity index (χ3n) is 3.00. The van der Waals surface area contributed by atoms with Crippen LogP contribution in [0.15, 0.2) is 18.2 Å². The van der Waals surface area contributed by atoms with E-state index in [4.69, 9.17) is 0 Å². The summed E-state index contributed by atoms with van der Waals surface area (Å²) in [6.07, 6.45) is 4.73. The molecule has 0 amide bonds. The van der Waals surface area contributed by atoms with Crippen molar-refractivity contribution < 1.29 is 4.79 Å². The molecular formula is C14H18OS. The summed E-state index contributed by atoms with van der Waals surface area (Å²) in [5, 5.41) is 0. The van der Waals surface area contributed by atoms with Gasteiger partial charge >= 0.3 is 0 Å². The number of carbonyl (C=O) groups is 1. The number of ketones is 1. The molecule has 0 unspecified atom stereocenters. The first kappa shape index (κ1) is 11.7. The van der Waals surface area contributed by atoms with Crippen LogP contribution >= 0.6 is 11.8 Å². The molecule has 16 heavy (non-hydrogen) atoms. The highest BCUT2D eigenvalue weighted by Gasteiger charge is 2.13. The highest BCUT2D eigenvalue weighted by molar-refractivity contribution is 7.99. The molecule has 0 aliphatic heterocycles. The first-order valence-corrected chi connectivity index (χ1v) is 7.19. The molecule has 86 valence electrons. The van der Waals surface area contributed by atoms with Crippen LogP contribution in [0, 0.1) is 0 Å². The monoisotopic (exact) mass is 234 g/mol. The van der Waals surface area contributed by atoms with Crippen LogP contribution in [-0.2, 0) is 12.8 Å². The Kier molecular flexibility index (Phi) is 4.05. The molecule has 0 N–H and O–H groups in total. The van der Waals surface area contributed by atoms with Crippen molar-refractivity contribution in [2.45, 2.75) is 32.6 Å². The number of hydrogen-bond donors (Lipinski definition) is 0. The van der Waals surface area contributed by atoms with Gasteiger partial charge in [0.25, 0.3) is 0 Å². The summed E-state index contributed by atoms with van der Waals surface area (Å²) in [7, 11) is 0. The average Bonchev–Trinajstić information content (AvgIpc) is 2.76. The summed E-state index contributed by atoms with van der Waals surface area (Å²) < 4.78 is 0. The van der Waals surface area contributed by atoms with Gasteiger partial charge < -0.3 is 0 Å². The summed E-state index contributed by atoms with van der Waals surface area (Å²) in [6, 6.07) is 6.25. The van der Waals surface area contributed by atoms with Crippen LogP contribution in [-0.4, -0.2) is 17.3 Å². The molecule has 0 bridgehead atoms. The van der Waals surface area contributed by atoms with Crippen molar-refractivity contribution in [2.75, 3.05) is 11.5 Å². The van der Waals surface area contributed by atoms with Gasteiger partial charge in [-0.2, -0.15) is 11.8 Å². The summed E-state index contributed by atoms with van der Waals surface area (Å²) in [5.41, 5.74) is 3.74. The zero-order valence-corrected chi connectivity index (χ0v) is 10.6. The SMILES string of the molecule is CCCSCC(=O)c1ccc2c(c1)CCC2. The molecule has 1 aromatic carbocycles. The quantitative estimate of drug-likeness (QED) is 0.573. The molecule has 0 spiro atoms. The lowest BCUT2D eigenvalue weighted by Gasteiger charge is -2.04. The van der Waals surface area contributed by atoms with E-state index in [9.17, 15) is 4.79 Å². The van der Waals surface area contributed by atoms with Crippen LogP contribution in [0.5, 0.6) is 0 Å². The van der Waals surface area contributed by atoms with Crippen molar-refractivity contribution in [3.8, 4) is 0 Å². The van der Waals surface area contributed by atoms with Gasteiger partial charge in [-0.1, -0.05) is 19.1 Å².